The van der Waals surface area contributed by atoms with Crippen LogP contribution in [0.15, 0.2) is 30.3 Å². The summed E-state index contributed by atoms with van der Waals surface area (Å²) in [4.78, 5) is 40.4. The summed E-state index contributed by atoms with van der Waals surface area (Å²) in [6.07, 6.45) is -1.05. The smallest absolute Gasteiger partial charge is 0.339 e. The number of rotatable bonds is 3. The number of esters is 2. The Labute approximate surface area is 212 Å². The van der Waals surface area contributed by atoms with E-state index in [0.717, 1.165) is 6.42 Å². The van der Waals surface area contributed by atoms with Gasteiger partial charge in [-0.15, -0.1) is 0 Å². The number of ketones is 1. The minimum Gasteiger partial charge on any atom is -0.462 e. The van der Waals surface area contributed by atoms with Crippen LogP contribution in [0.25, 0.3) is 0 Å². The van der Waals surface area contributed by atoms with Gasteiger partial charge in [-0.2, -0.15) is 0 Å². The molecule has 4 fully saturated rings. The fraction of sp³-hybridized carbons (Fsp3) is 0.690. The van der Waals surface area contributed by atoms with Crippen molar-refractivity contribution in [1.29, 1.82) is 0 Å². The molecule has 0 amide bonds. The number of hydrogen-bond acceptors (Lipinski definition) is 7. The van der Waals surface area contributed by atoms with Gasteiger partial charge in [0.15, 0.2) is 11.4 Å². The molecule has 4 aliphatic carbocycles. The largest absolute Gasteiger partial charge is 0.462 e. The van der Waals surface area contributed by atoms with Crippen LogP contribution in [0.5, 0.6) is 0 Å². The van der Waals surface area contributed by atoms with Gasteiger partial charge in [0.2, 0.25) is 0 Å². The third-order valence-electron chi connectivity index (χ3n) is 10.8. The highest BCUT2D eigenvalue weighted by molar-refractivity contribution is 6.00. The molecule has 2 N–H and O–H groups in total. The Morgan fingerprint density at radius 1 is 1.00 bits per heavy atom. The summed E-state index contributed by atoms with van der Waals surface area (Å²) in [6, 6.07) is 8.48. The first-order chi connectivity index (χ1) is 16.7. The van der Waals surface area contributed by atoms with Crippen molar-refractivity contribution in [3.63, 3.8) is 0 Å². The third-order valence-corrected chi connectivity index (χ3v) is 10.8. The summed E-state index contributed by atoms with van der Waals surface area (Å²) in [5, 5.41) is 23.4. The standard InChI is InChI=1S/C29H38O7/c1-15-14-29(36-24(33)17-10-8-7-9-11-17)20(21(15)35-16(2)30)23(32)27(5)13-12-18-19(22(31)26(18,3)4)28(27,6)25(29)34/h7-11,15,18-23,31-32H,12-14H2,1-6H3. The fourth-order valence-electron chi connectivity index (χ4n) is 8.68. The lowest BCUT2D eigenvalue weighted by molar-refractivity contribution is -0.293. The van der Waals surface area contributed by atoms with Crippen molar-refractivity contribution in [2.45, 2.75) is 84.7 Å². The van der Waals surface area contributed by atoms with E-state index in [1.807, 2.05) is 34.6 Å². The number of carbonyl (C=O) groups excluding carboxylic acids is 3. The average molecular weight is 499 g/mol. The van der Waals surface area contributed by atoms with Crippen molar-refractivity contribution in [2.24, 2.45) is 39.9 Å². The molecule has 0 radical (unpaired) electrons. The summed E-state index contributed by atoms with van der Waals surface area (Å²) >= 11 is 0. The second-order valence-corrected chi connectivity index (χ2v) is 12.8. The normalized spacial score (nSPS) is 46.6. The Kier molecular flexibility index (Phi) is 5.56. The van der Waals surface area contributed by atoms with E-state index in [0.29, 0.717) is 12.0 Å². The van der Waals surface area contributed by atoms with Gasteiger partial charge in [0.25, 0.3) is 0 Å². The highest BCUT2D eigenvalue weighted by Gasteiger charge is 2.81. The van der Waals surface area contributed by atoms with Crippen LogP contribution in [0, 0.1) is 39.9 Å². The number of aliphatic hydroxyl groups is 2. The molecule has 1 aromatic rings. The second kappa shape index (κ2) is 7.87. The van der Waals surface area contributed by atoms with Gasteiger partial charge in [-0.25, -0.2) is 4.79 Å². The Balaban J connectivity index is 1.66. The van der Waals surface area contributed by atoms with Gasteiger partial charge in [0.05, 0.1) is 23.7 Å². The molecule has 7 heteroatoms. The molecule has 0 aliphatic heterocycles. The summed E-state index contributed by atoms with van der Waals surface area (Å²) in [5.41, 5.74) is -3.70. The molecule has 0 saturated heterocycles. The van der Waals surface area contributed by atoms with Gasteiger partial charge in [-0.05, 0) is 42.2 Å². The van der Waals surface area contributed by atoms with E-state index in [2.05, 4.69) is 0 Å². The van der Waals surface area contributed by atoms with E-state index in [-0.39, 0.29) is 35.4 Å². The molecular weight excluding hydrogens is 460 g/mol. The zero-order valence-corrected chi connectivity index (χ0v) is 22.0. The number of benzene rings is 1. The van der Waals surface area contributed by atoms with Crippen LogP contribution in [0.2, 0.25) is 0 Å². The molecule has 36 heavy (non-hydrogen) atoms. The number of hydrogen-bond donors (Lipinski definition) is 2. The van der Waals surface area contributed by atoms with Crippen LogP contribution in [0.4, 0.5) is 0 Å². The number of Topliss-reactive ketones (excluding diaryl/α,β-unsaturated/α-hetero) is 1. The Hall–Kier alpha value is -2.25. The first-order valence-corrected chi connectivity index (χ1v) is 13.1. The van der Waals surface area contributed by atoms with Crippen LogP contribution in [0.1, 0.15) is 71.2 Å². The minimum atomic E-state index is -1.67. The Bertz CT molecular complexity index is 1100. The number of aliphatic hydroxyl groups excluding tert-OH is 2. The number of ether oxygens (including phenoxy) is 2. The van der Waals surface area contributed by atoms with Crippen LogP contribution in [0.3, 0.4) is 0 Å². The highest BCUT2D eigenvalue weighted by Crippen LogP contribution is 2.74. The van der Waals surface area contributed by atoms with Gasteiger partial charge in [0.1, 0.15) is 6.10 Å². The zero-order chi connectivity index (χ0) is 26.4. The maximum atomic E-state index is 14.9. The van der Waals surface area contributed by atoms with Crippen LogP contribution in [-0.4, -0.2) is 51.8 Å². The summed E-state index contributed by atoms with van der Waals surface area (Å²) < 4.78 is 11.9. The van der Waals surface area contributed by atoms with E-state index < -0.39 is 52.6 Å². The lowest BCUT2D eigenvalue weighted by Crippen LogP contribution is -2.79. The molecule has 196 valence electrons. The first kappa shape index (κ1) is 25.4. The SMILES string of the molecule is CC(=O)OC1C(C)CC2(OC(=O)c3ccccc3)C(=O)C3(C)C4C(O)C(C)(C)C4CCC3(C)C(O)C12. The van der Waals surface area contributed by atoms with Crippen molar-refractivity contribution in [3.8, 4) is 0 Å². The van der Waals surface area contributed by atoms with Gasteiger partial charge >= 0.3 is 11.9 Å². The minimum absolute atomic E-state index is 0.114. The van der Waals surface area contributed by atoms with Crippen molar-refractivity contribution < 1.29 is 34.1 Å². The highest BCUT2D eigenvalue weighted by atomic mass is 16.6. The topological polar surface area (TPSA) is 110 Å². The van der Waals surface area contributed by atoms with E-state index in [1.54, 1.807) is 30.3 Å². The van der Waals surface area contributed by atoms with Crippen molar-refractivity contribution >= 4 is 17.7 Å². The summed E-state index contributed by atoms with van der Waals surface area (Å²) in [5.74, 6) is -2.86. The van der Waals surface area contributed by atoms with Gasteiger partial charge in [-0.3, -0.25) is 9.59 Å². The van der Waals surface area contributed by atoms with Gasteiger partial charge in [-0.1, -0.05) is 52.8 Å². The fourth-order valence-corrected chi connectivity index (χ4v) is 8.68. The molecule has 0 spiro atoms. The molecule has 0 bridgehead atoms. The molecule has 4 saturated carbocycles. The molecule has 10 atom stereocenters. The van der Waals surface area contributed by atoms with Crippen LogP contribution < -0.4 is 0 Å². The predicted octanol–water partition coefficient (Wildman–Crippen LogP) is 3.55. The third kappa shape index (κ3) is 2.96. The quantitative estimate of drug-likeness (QED) is 0.613. The van der Waals surface area contributed by atoms with Crippen LogP contribution >= 0.6 is 0 Å². The Morgan fingerprint density at radius 3 is 2.25 bits per heavy atom. The molecule has 1 aromatic carbocycles. The van der Waals surface area contributed by atoms with E-state index >= 15 is 0 Å². The predicted molar refractivity (Wildman–Crippen MR) is 131 cm³/mol. The van der Waals surface area contributed by atoms with Gasteiger partial charge < -0.3 is 19.7 Å². The summed E-state index contributed by atoms with van der Waals surface area (Å²) in [7, 11) is 0. The van der Waals surface area contributed by atoms with Crippen molar-refractivity contribution in [2.75, 3.05) is 0 Å². The first-order valence-electron chi connectivity index (χ1n) is 13.1. The van der Waals surface area contributed by atoms with E-state index in [9.17, 15) is 24.6 Å². The zero-order valence-electron chi connectivity index (χ0n) is 22.0. The Morgan fingerprint density at radius 2 is 1.64 bits per heavy atom. The molecule has 0 heterocycles. The lowest BCUT2D eigenvalue weighted by atomic mass is 9.32. The number of carbonyl (C=O) groups is 3. The van der Waals surface area contributed by atoms with E-state index in [1.165, 1.54) is 6.92 Å². The molecule has 5 rings (SSSR count). The lowest BCUT2D eigenvalue weighted by Gasteiger charge is -2.72. The van der Waals surface area contributed by atoms with Crippen molar-refractivity contribution in [3.05, 3.63) is 35.9 Å². The van der Waals surface area contributed by atoms with E-state index in [4.69, 9.17) is 9.47 Å². The van der Waals surface area contributed by atoms with Gasteiger partial charge in [0, 0.05) is 30.1 Å². The van der Waals surface area contributed by atoms with Crippen LogP contribution in [-0.2, 0) is 19.1 Å². The second-order valence-electron chi connectivity index (χ2n) is 12.8. The summed E-state index contributed by atoms with van der Waals surface area (Å²) in [6.45, 7) is 11.0. The molecular formula is C29H38O7. The molecule has 7 nitrogen and oxygen atoms in total. The number of fused-ring (bicyclic) bond motifs is 4. The maximum Gasteiger partial charge on any atom is 0.339 e. The molecule has 10 unspecified atom stereocenters. The van der Waals surface area contributed by atoms with Crippen molar-refractivity contribution in [1.82, 2.24) is 0 Å². The maximum absolute atomic E-state index is 14.9. The monoisotopic (exact) mass is 498 g/mol. The molecule has 0 aromatic heterocycles. The molecule has 4 aliphatic rings. The average Bonchev–Trinajstić information content (AvgIpc) is 3.10.